The monoisotopic (exact) mass is 446 g/mol. The normalized spacial score (nSPS) is 13.0. The van der Waals surface area contributed by atoms with Crippen molar-refractivity contribution in [1.29, 1.82) is 0 Å². The highest BCUT2D eigenvalue weighted by molar-refractivity contribution is 7.20. The molecule has 0 saturated carbocycles. The maximum Gasteiger partial charge on any atom is 0.416 e. The van der Waals surface area contributed by atoms with E-state index in [1.54, 1.807) is 31.2 Å². The topological polar surface area (TPSA) is 62.6 Å². The Morgan fingerprint density at radius 3 is 2.74 bits per heavy atom. The molecule has 0 unspecified atom stereocenters. The van der Waals surface area contributed by atoms with E-state index in [-0.39, 0.29) is 12.5 Å². The third-order valence-electron chi connectivity index (χ3n) is 4.72. The molecule has 5 rings (SSSR count). The Bertz CT molecular complexity index is 1330. The van der Waals surface area contributed by atoms with Crippen LogP contribution in [0, 0.1) is 6.92 Å². The summed E-state index contributed by atoms with van der Waals surface area (Å²) in [5.74, 6) is 0.758. The van der Waals surface area contributed by atoms with Gasteiger partial charge in [0.15, 0.2) is 11.5 Å². The Labute approximate surface area is 177 Å². The minimum Gasteiger partial charge on any atom is -0.454 e. The Morgan fingerprint density at radius 2 is 1.94 bits per heavy atom. The van der Waals surface area contributed by atoms with E-state index in [4.69, 9.17) is 14.2 Å². The third-order valence-corrected chi connectivity index (χ3v) is 5.81. The molecule has 0 bridgehead atoms. The number of esters is 1. The van der Waals surface area contributed by atoms with Gasteiger partial charge in [0, 0.05) is 11.5 Å². The highest BCUT2D eigenvalue weighted by atomic mass is 32.1. The van der Waals surface area contributed by atoms with Gasteiger partial charge in [-0.3, -0.25) is 0 Å². The fourth-order valence-electron chi connectivity index (χ4n) is 3.23. The number of carbonyl (C=O) groups is 1. The van der Waals surface area contributed by atoms with Gasteiger partial charge in [-0.25, -0.2) is 9.48 Å². The molecule has 1 aliphatic heterocycles. The highest BCUT2D eigenvalue weighted by Gasteiger charge is 2.31. The smallest absolute Gasteiger partial charge is 0.416 e. The summed E-state index contributed by atoms with van der Waals surface area (Å²) < 4.78 is 56.6. The van der Waals surface area contributed by atoms with Crippen LogP contribution >= 0.6 is 11.3 Å². The predicted octanol–water partition coefficient (Wildman–Crippen LogP) is 5.36. The third kappa shape index (κ3) is 3.48. The number of halogens is 3. The minimum absolute atomic E-state index is 0.106. The van der Waals surface area contributed by atoms with E-state index < -0.39 is 17.7 Å². The molecule has 31 heavy (non-hydrogen) atoms. The van der Waals surface area contributed by atoms with E-state index in [2.05, 4.69) is 5.10 Å². The van der Waals surface area contributed by atoms with Crippen LogP contribution in [-0.4, -0.2) is 22.5 Å². The Balaban J connectivity index is 1.48. The Kier molecular flexibility index (Phi) is 4.40. The largest absolute Gasteiger partial charge is 0.454 e. The molecule has 0 radical (unpaired) electrons. The number of aryl methyl sites for hydroxylation is 1. The van der Waals surface area contributed by atoms with Gasteiger partial charge < -0.3 is 14.2 Å². The molecule has 0 spiro atoms. The Morgan fingerprint density at radius 1 is 1.13 bits per heavy atom. The average molecular weight is 446 g/mol. The number of hydrogen-bond donors (Lipinski definition) is 0. The van der Waals surface area contributed by atoms with Gasteiger partial charge in [0.2, 0.25) is 6.79 Å². The van der Waals surface area contributed by atoms with Crippen molar-refractivity contribution in [3.8, 4) is 22.9 Å². The lowest BCUT2D eigenvalue weighted by Gasteiger charge is -2.09. The van der Waals surface area contributed by atoms with Gasteiger partial charge in [-0.1, -0.05) is 6.07 Å². The van der Waals surface area contributed by atoms with Crippen molar-refractivity contribution in [2.24, 2.45) is 0 Å². The maximum atomic E-state index is 13.1. The van der Waals surface area contributed by atoms with Crippen molar-refractivity contribution in [3.05, 3.63) is 64.7 Å². The number of alkyl halides is 3. The molecular weight excluding hydrogens is 433 g/mol. The van der Waals surface area contributed by atoms with Crippen LogP contribution in [0.5, 0.6) is 17.2 Å². The molecule has 0 atom stereocenters. The van der Waals surface area contributed by atoms with Crippen LogP contribution in [0.15, 0.2) is 48.5 Å². The molecule has 0 amide bonds. The lowest BCUT2D eigenvalue weighted by Crippen LogP contribution is -2.07. The fraction of sp³-hybridized carbons (Fsp3) is 0.143. The second kappa shape index (κ2) is 7.02. The van der Waals surface area contributed by atoms with E-state index in [0.29, 0.717) is 38.0 Å². The van der Waals surface area contributed by atoms with Crippen molar-refractivity contribution in [3.63, 3.8) is 0 Å². The van der Waals surface area contributed by atoms with Crippen molar-refractivity contribution < 1.29 is 32.2 Å². The molecule has 0 saturated heterocycles. The van der Waals surface area contributed by atoms with Crippen LogP contribution in [0.2, 0.25) is 0 Å². The van der Waals surface area contributed by atoms with Crippen molar-refractivity contribution in [1.82, 2.24) is 9.78 Å². The van der Waals surface area contributed by atoms with E-state index in [0.717, 1.165) is 23.5 Å². The first kappa shape index (κ1) is 19.4. The Hall–Kier alpha value is -3.53. The van der Waals surface area contributed by atoms with E-state index in [1.165, 1.54) is 16.8 Å². The van der Waals surface area contributed by atoms with Gasteiger partial charge in [0.25, 0.3) is 0 Å². The first-order chi connectivity index (χ1) is 14.8. The number of benzene rings is 2. The van der Waals surface area contributed by atoms with Crippen LogP contribution in [0.3, 0.4) is 0 Å². The molecule has 1 aliphatic rings. The molecule has 6 nitrogen and oxygen atoms in total. The maximum absolute atomic E-state index is 13.1. The molecule has 0 N–H and O–H groups in total. The molecule has 0 aliphatic carbocycles. The van der Waals surface area contributed by atoms with Crippen molar-refractivity contribution in [2.75, 3.05) is 6.79 Å². The molecule has 158 valence electrons. The van der Waals surface area contributed by atoms with Gasteiger partial charge in [-0.05, 0) is 43.3 Å². The van der Waals surface area contributed by atoms with Gasteiger partial charge >= 0.3 is 12.1 Å². The molecule has 2 aromatic heterocycles. The van der Waals surface area contributed by atoms with Crippen LogP contribution in [-0.2, 0) is 6.18 Å². The summed E-state index contributed by atoms with van der Waals surface area (Å²) in [4.78, 5) is 13.5. The fourth-order valence-corrected chi connectivity index (χ4v) is 4.29. The number of hydrogen-bond acceptors (Lipinski definition) is 6. The van der Waals surface area contributed by atoms with Gasteiger partial charge in [-0.2, -0.15) is 18.3 Å². The number of thiophene rings is 1. The van der Waals surface area contributed by atoms with Crippen LogP contribution in [0.4, 0.5) is 13.2 Å². The molecular formula is C21H13F3N2O4S. The van der Waals surface area contributed by atoms with E-state index in [9.17, 15) is 18.0 Å². The second-order valence-corrected chi connectivity index (χ2v) is 7.81. The molecule has 10 heteroatoms. The lowest BCUT2D eigenvalue weighted by atomic mass is 10.2. The second-order valence-electron chi connectivity index (χ2n) is 6.78. The number of rotatable bonds is 3. The predicted molar refractivity (Wildman–Crippen MR) is 106 cm³/mol. The van der Waals surface area contributed by atoms with E-state index in [1.807, 2.05) is 0 Å². The van der Waals surface area contributed by atoms with Gasteiger partial charge in [0.1, 0.15) is 15.5 Å². The summed E-state index contributed by atoms with van der Waals surface area (Å²) in [7, 11) is 0. The SMILES string of the molecule is Cc1nn(-c2cccc(C(F)(F)F)c2)c2sc(C(=O)Oc3ccc4c(c3)OCO4)cc12. The standard InChI is InChI=1S/C21H13F3N2O4S/c1-11-15-9-18(20(27)30-14-5-6-16-17(8-14)29-10-28-16)31-19(15)26(25-11)13-4-2-3-12(7-13)21(22,23)24/h2-9H,10H2,1H3. The number of carbonyl (C=O) groups excluding carboxylic acids is 1. The summed E-state index contributed by atoms with van der Waals surface area (Å²) in [6, 6.07) is 11.3. The van der Waals surface area contributed by atoms with Crippen LogP contribution < -0.4 is 14.2 Å². The van der Waals surface area contributed by atoms with Crippen molar-refractivity contribution in [2.45, 2.75) is 13.1 Å². The molecule has 2 aromatic carbocycles. The molecule has 3 heterocycles. The first-order valence-corrected chi connectivity index (χ1v) is 9.90. The summed E-state index contributed by atoms with van der Waals surface area (Å²) >= 11 is 1.09. The van der Waals surface area contributed by atoms with Crippen LogP contribution in [0.1, 0.15) is 20.9 Å². The number of aromatic nitrogens is 2. The summed E-state index contributed by atoms with van der Waals surface area (Å²) in [5.41, 5.74) is 0.0709. The van der Waals surface area contributed by atoms with Crippen molar-refractivity contribution >= 4 is 27.5 Å². The van der Waals surface area contributed by atoms with Gasteiger partial charge in [-0.15, -0.1) is 11.3 Å². The number of nitrogens with zero attached hydrogens (tertiary/aromatic N) is 2. The van der Waals surface area contributed by atoms with Gasteiger partial charge in [0.05, 0.1) is 16.9 Å². The number of ether oxygens (including phenoxy) is 3. The quantitative estimate of drug-likeness (QED) is 0.313. The first-order valence-electron chi connectivity index (χ1n) is 9.08. The molecule has 0 fully saturated rings. The minimum atomic E-state index is -4.47. The summed E-state index contributed by atoms with van der Waals surface area (Å²) in [5, 5.41) is 5.01. The lowest BCUT2D eigenvalue weighted by molar-refractivity contribution is -0.137. The summed E-state index contributed by atoms with van der Waals surface area (Å²) in [6.45, 7) is 1.83. The zero-order chi connectivity index (χ0) is 21.8. The summed E-state index contributed by atoms with van der Waals surface area (Å²) in [6.07, 6.45) is -4.47. The zero-order valence-electron chi connectivity index (χ0n) is 15.9. The van der Waals surface area contributed by atoms with Crippen LogP contribution in [0.25, 0.3) is 15.9 Å². The van der Waals surface area contributed by atoms with E-state index >= 15 is 0 Å². The number of fused-ring (bicyclic) bond motifs is 2. The highest BCUT2D eigenvalue weighted by Crippen LogP contribution is 2.37. The molecule has 4 aromatic rings. The zero-order valence-corrected chi connectivity index (χ0v) is 16.7. The average Bonchev–Trinajstić information content (AvgIpc) is 3.43.